The number of amides is 1. The second kappa shape index (κ2) is 9.52. The molecule has 2 heterocycles. The standard InChI is InChI=1S/C25H21Cl2N3O2/c1-17-6-7-19(26)15-23(17)29-10-12-30(13-11-29)25(31)18(16-28)14-20-8-9-24(32-20)21-4-2-3-5-22(21)27/h2-9,14-15H,10-13H2,1H3/b18-14+. The monoisotopic (exact) mass is 465 g/mol. The van der Waals surface area contributed by atoms with Crippen molar-refractivity contribution in [2.24, 2.45) is 0 Å². The van der Waals surface area contributed by atoms with Crippen molar-refractivity contribution in [1.82, 2.24) is 4.90 Å². The minimum absolute atomic E-state index is 0.0393. The molecule has 0 N–H and O–H groups in total. The van der Waals surface area contributed by atoms with Crippen molar-refractivity contribution in [1.29, 1.82) is 5.26 Å². The Kier molecular flexibility index (Phi) is 6.55. The van der Waals surface area contributed by atoms with Gasteiger partial charge in [0.25, 0.3) is 5.91 Å². The summed E-state index contributed by atoms with van der Waals surface area (Å²) in [6.45, 7) is 4.42. The number of furan rings is 1. The molecule has 0 atom stereocenters. The molecule has 0 radical (unpaired) electrons. The van der Waals surface area contributed by atoms with E-state index >= 15 is 0 Å². The number of rotatable bonds is 4. The van der Waals surface area contributed by atoms with E-state index in [1.165, 1.54) is 6.08 Å². The fourth-order valence-electron chi connectivity index (χ4n) is 3.76. The average molecular weight is 466 g/mol. The van der Waals surface area contributed by atoms with Crippen molar-refractivity contribution in [3.63, 3.8) is 0 Å². The van der Waals surface area contributed by atoms with Crippen LogP contribution in [0.3, 0.4) is 0 Å². The van der Waals surface area contributed by atoms with E-state index in [0.29, 0.717) is 47.7 Å². The van der Waals surface area contributed by atoms with Crippen LogP contribution in [-0.2, 0) is 4.79 Å². The molecular weight excluding hydrogens is 445 g/mol. The van der Waals surface area contributed by atoms with Gasteiger partial charge in [-0.1, -0.05) is 41.4 Å². The van der Waals surface area contributed by atoms with E-state index < -0.39 is 0 Å². The van der Waals surface area contributed by atoms with Crippen LogP contribution in [0.5, 0.6) is 0 Å². The maximum absolute atomic E-state index is 13.0. The number of nitriles is 1. The van der Waals surface area contributed by atoms with Gasteiger partial charge in [0.1, 0.15) is 23.2 Å². The van der Waals surface area contributed by atoms with Crippen LogP contribution in [0.2, 0.25) is 10.0 Å². The number of hydrogen-bond acceptors (Lipinski definition) is 4. The summed E-state index contributed by atoms with van der Waals surface area (Å²) in [4.78, 5) is 16.9. The van der Waals surface area contributed by atoms with Crippen molar-refractivity contribution in [2.45, 2.75) is 6.92 Å². The van der Waals surface area contributed by atoms with Crippen LogP contribution in [0, 0.1) is 18.3 Å². The summed E-state index contributed by atoms with van der Waals surface area (Å²) in [5.41, 5.74) is 3.01. The zero-order valence-corrected chi connectivity index (χ0v) is 19.0. The number of carbonyl (C=O) groups excluding carboxylic acids is 1. The first kappa shape index (κ1) is 22.0. The molecule has 4 rings (SSSR count). The molecule has 1 amide bonds. The maximum Gasteiger partial charge on any atom is 0.264 e. The van der Waals surface area contributed by atoms with Crippen molar-refractivity contribution >= 4 is 40.9 Å². The number of anilines is 1. The van der Waals surface area contributed by atoms with E-state index in [4.69, 9.17) is 27.6 Å². The molecule has 32 heavy (non-hydrogen) atoms. The lowest BCUT2D eigenvalue weighted by molar-refractivity contribution is -0.126. The fourth-order valence-corrected chi connectivity index (χ4v) is 4.16. The quantitative estimate of drug-likeness (QED) is 0.359. The average Bonchev–Trinajstić information content (AvgIpc) is 3.27. The molecule has 3 aromatic rings. The van der Waals surface area contributed by atoms with Crippen LogP contribution in [0.25, 0.3) is 17.4 Å². The molecule has 0 saturated carbocycles. The Balaban J connectivity index is 1.46. The van der Waals surface area contributed by atoms with E-state index in [0.717, 1.165) is 16.8 Å². The minimum Gasteiger partial charge on any atom is -0.457 e. The number of nitrogens with zero attached hydrogens (tertiary/aromatic N) is 3. The van der Waals surface area contributed by atoms with Gasteiger partial charge in [0, 0.05) is 48.5 Å². The molecule has 1 saturated heterocycles. The Hall–Kier alpha value is -3.20. The minimum atomic E-state index is -0.300. The highest BCUT2D eigenvalue weighted by molar-refractivity contribution is 6.33. The lowest BCUT2D eigenvalue weighted by atomic mass is 10.1. The highest BCUT2D eigenvalue weighted by atomic mass is 35.5. The van der Waals surface area contributed by atoms with Gasteiger partial charge in [-0.05, 0) is 48.9 Å². The van der Waals surface area contributed by atoms with Gasteiger partial charge < -0.3 is 14.2 Å². The Morgan fingerprint density at radius 2 is 1.81 bits per heavy atom. The summed E-state index contributed by atoms with van der Waals surface area (Å²) in [6.07, 6.45) is 1.48. The Morgan fingerprint density at radius 1 is 1.06 bits per heavy atom. The first-order valence-corrected chi connectivity index (χ1v) is 11.0. The third-order valence-electron chi connectivity index (χ3n) is 5.48. The van der Waals surface area contributed by atoms with Crippen LogP contribution in [0.1, 0.15) is 11.3 Å². The van der Waals surface area contributed by atoms with Crippen LogP contribution in [0.4, 0.5) is 5.69 Å². The molecule has 1 aromatic heterocycles. The number of aryl methyl sites for hydroxylation is 1. The molecule has 5 nitrogen and oxygen atoms in total. The van der Waals surface area contributed by atoms with Crippen LogP contribution in [-0.4, -0.2) is 37.0 Å². The first-order chi connectivity index (χ1) is 15.5. The normalized spacial score (nSPS) is 14.4. The van der Waals surface area contributed by atoms with E-state index in [1.54, 1.807) is 23.1 Å². The summed E-state index contributed by atoms with van der Waals surface area (Å²) in [6, 6.07) is 18.7. The van der Waals surface area contributed by atoms with Gasteiger partial charge in [0.2, 0.25) is 0 Å². The van der Waals surface area contributed by atoms with Crippen molar-refractivity contribution in [3.05, 3.63) is 81.5 Å². The van der Waals surface area contributed by atoms with Gasteiger partial charge in [-0.3, -0.25) is 4.79 Å². The number of piperazine rings is 1. The summed E-state index contributed by atoms with van der Waals surface area (Å²) in [5.74, 6) is 0.709. The van der Waals surface area contributed by atoms with E-state index in [2.05, 4.69) is 4.90 Å². The number of hydrogen-bond donors (Lipinski definition) is 0. The number of benzene rings is 2. The Bertz CT molecular complexity index is 1220. The second-order valence-corrected chi connectivity index (χ2v) is 8.41. The lowest BCUT2D eigenvalue weighted by Gasteiger charge is -2.36. The van der Waals surface area contributed by atoms with Crippen molar-refractivity contribution in [2.75, 3.05) is 31.1 Å². The van der Waals surface area contributed by atoms with E-state index in [9.17, 15) is 10.1 Å². The molecule has 162 valence electrons. The molecule has 0 bridgehead atoms. The molecule has 0 spiro atoms. The van der Waals surface area contributed by atoms with Gasteiger partial charge in [0.05, 0.1) is 5.02 Å². The van der Waals surface area contributed by atoms with Crippen LogP contribution >= 0.6 is 23.2 Å². The smallest absolute Gasteiger partial charge is 0.264 e. The third-order valence-corrected chi connectivity index (χ3v) is 6.05. The summed E-state index contributed by atoms with van der Waals surface area (Å²) < 4.78 is 5.82. The van der Waals surface area contributed by atoms with E-state index in [-0.39, 0.29) is 11.5 Å². The van der Waals surface area contributed by atoms with Gasteiger partial charge in [-0.2, -0.15) is 5.26 Å². The van der Waals surface area contributed by atoms with E-state index in [1.807, 2.05) is 49.4 Å². The zero-order valence-electron chi connectivity index (χ0n) is 17.5. The number of halogens is 2. The van der Waals surface area contributed by atoms with Crippen molar-refractivity contribution < 1.29 is 9.21 Å². The topological polar surface area (TPSA) is 60.5 Å². The lowest BCUT2D eigenvalue weighted by Crippen LogP contribution is -2.49. The summed E-state index contributed by atoms with van der Waals surface area (Å²) >= 11 is 12.4. The largest absolute Gasteiger partial charge is 0.457 e. The summed E-state index contributed by atoms with van der Waals surface area (Å²) in [5, 5.41) is 10.9. The zero-order chi connectivity index (χ0) is 22.7. The van der Waals surface area contributed by atoms with Crippen LogP contribution in [0.15, 0.2) is 64.6 Å². The Morgan fingerprint density at radius 3 is 2.53 bits per heavy atom. The highest BCUT2D eigenvalue weighted by Gasteiger charge is 2.25. The third kappa shape index (κ3) is 4.67. The fraction of sp³-hybridized carbons (Fsp3) is 0.200. The molecule has 1 aliphatic rings. The van der Waals surface area contributed by atoms with Gasteiger partial charge in [-0.25, -0.2) is 0 Å². The van der Waals surface area contributed by atoms with Gasteiger partial charge >= 0.3 is 0 Å². The predicted molar refractivity (Wildman–Crippen MR) is 128 cm³/mol. The molecule has 0 aliphatic carbocycles. The summed E-state index contributed by atoms with van der Waals surface area (Å²) in [7, 11) is 0. The first-order valence-electron chi connectivity index (χ1n) is 10.2. The highest BCUT2D eigenvalue weighted by Crippen LogP contribution is 2.30. The predicted octanol–water partition coefficient (Wildman–Crippen LogP) is 5.82. The Labute approximate surface area is 197 Å². The maximum atomic E-state index is 13.0. The molecule has 0 unspecified atom stereocenters. The number of carbonyl (C=O) groups is 1. The molecular formula is C25H21Cl2N3O2. The van der Waals surface area contributed by atoms with Gasteiger partial charge in [-0.15, -0.1) is 0 Å². The molecule has 1 fully saturated rings. The van der Waals surface area contributed by atoms with Crippen LogP contribution < -0.4 is 4.90 Å². The van der Waals surface area contributed by atoms with Gasteiger partial charge in [0.15, 0.2) is 0 Å². The van der Waals surface area contributed by atoms with Crippen molar-refractivity contribution in [3.8, 4) is 17.4 Å². The second-order valence-electron chi connectivity index (χ2n) is 7.56. The SMILES string of the molecule is Cc1ccc(Cl)cc1N1CCN(C(=O)/C(C#N)=C/c2ccc(-c3ccccc3Cl)o2)CC1. The molecule has 1 aliphatic heterocycles. The molecule has 7 heteroatoms. The molecule has 2 aromatic carbocycles.